The first-order valence-electron chi connectivity index (χ1n) is 8.39. The van der Waals surface area contributed by atoms with Crippen molar-refractivity contribution in [1.82, 2.24) is 10.2 Å². The van der Waals surface area contributed by atoms with E-state index in [0.29, 0.717) is 6.04 Å². The van der Waals surface area contributed by atoms with Gasteiger partial charge in [-0.05, 0) is 55.8 Å². The molecule has 0 aliphatic carbocycles. The van der Waals surface area contributed by atoms with E-state index in [9.17, 15) is 0 Å². The van der Waals surface area contributed by atoms with E-state index in [-0.39, 0.29) is 5.41 Å². The Morgan fingerprint density at radius 3 is 2.48 bits per heavy atom. The number of likely N-dealkylation sites (tertiary alicyclic amines) is 1. The summed E-state index contributed by atoms with van der Waals surface area (Å²) in [6.45, 7) is 12.7. The van der Waals surface area contributed by atoms with E-state index < -0.39 is 0 Å². The van der Waals surface area contributed by atoms with Crippen LogP contribution in [0.5, 0.6) is 0 Å². The highest BCUT2D eigenvalue weighted by Gasteiger charge is 2.23. The van der Waals surface area contributed by atoms with E-state index in [1.54, 1.807) is 0 Å². The second-order valence-corrected chi connectivity index (χ2v) is 7.66. The molecule has 2 nitrogen and oxygen atoms in total. The summed E-state index contributed by atoms with van der Waals surface area (Å²) in [5, 5.41) is 3.42. The molecule has 21 heavy (non-hydrogen) atoms. The predicted octanol–water partition coefficient (Wildman–Crippen LogP) is 3.80. The molecule has 0 saturated carbocycles. The molecule has 0 radical (unpaired) electrons. The highest BCUT2D eigenvalue weighted by atomic mass is 15.1. The van der Waals surface area contributed by atoms with Crippen LogP contribution in [0.3, 0.4) is 0 Å². The zero-order valence-corrected chi connectivity index (χ0v) is 14.4. The molecular weight excluding hydrogens is 256 g/mol. The molecule has 1 heterocycles. The summed E-state index contributed by atoms with van der Waals surface area (Å²) < 4.78 is 0. The fourth-order valence-electron chi connectivity index (χ4n) is 3.25. The molecule has 1 aliphatic heterocycles. The molecule has 1 aliphatic rings. The maximum Gasteiger partial charge on any atom is 0.0233 e. The molecule has 0 bridgehead atoms. The summed E-state index contributed by atoms with van der Waals surface area (Å²) in [5.74, 6) is 0.789. The van der Waals surface area contributed by atoms with Crippen molar-refractivity contribution >= 4 is 0 Å². The number of rotatable bonds is 4. The van der Waals surface area contributed by atoms with E-state index in [1.165, 1.54) is 37.1 Å². The minimum atomic E-state index is 0.247. The summed E-state index contributed by atoms with van der Waals surface area (Å²) >= 11 is 0. The molecule has 1 saturated heterocycles. The van der Waals surface area contributed by atoms with Crippen molar-refractivity contribution in [2.45, 2.75) is 58.5 Å². The maximum absolute atomic E-state index is 3.42. The fraction of sp³-hybridized carbons (Fsp3) is 0.684. The third kappa shape index (κ3) is 4.55. The van der Waals surface area contributed by atoms with Gasteiger partial charge in [-0.15, -0.1) is 0 Å². The molecule has 1 aromatic rings. The van der Waals surface area contributed by atoms with Crippen molar-refractivity contribution in [2.75, 3.05) is 20.1 Å². The Hall–Kier alpha value is -0.860. The van der Waals surface area contributed by atoms with Crippen molar-refractivity contribution in [1.29, 1.82) is 0 Å². The lowest BCUT2D eigenvalue weighted by atomic mass is 9.86. The van der Waals surface area contributed by atoms with Crippen LogP contribution in [-0.2, 0) is 12.0 Å². The smallest absolute Gasteiger partial charge is 0.0233 e. The van der Waals surface area contributed by atoms with Gasteiger partial charge in [0.25, 0.3) is 0 Å². The molecule has 1 aromatic carbocycles. The van der Waals surface area contributed by atoms with Gasteiger partial charge in [0.05, 0.1) is 0 Å². The van der Waals surface area contributed by atoms with Gasteiger partial charge in [0.2, 0.25) is 0 Å². The number of nitrogens with zero attached hydrogens (tertiary/aromatic N) is 1. The van der Waals surface area contributed by atoms with Crippen molar-refractivity contribution in [3.63, 3.8) is 0 Å². The summed E-state index contributed by atoms with van der Waals surface area (Å²) in [6, 6.07) is 9.84. The Balaban J connectivity index is 1.95. The molecule has 0 aromatic heterocycles. The van der Waals surface area contributed by atoms with Gasteiger partial charge in [-0.3, -0.25) is 4.90 Å². The van der Waals surface area contributed by atoms with Crippen LogP contribution in [0.2, 0.25) is 0 Å². The minimum Gasteiger partial charge on any atom is -0.317 e. The predicted molar refractivity (Wildman–Crippen MR) is 91.7 cm³/mol. The lowest BCUT2D eigenvalue weighted by Crippen LogP contribution is -2.43. The van der Waals surface area contributed by atoms with Crippen molar-refractivity contribution < 1.29 is 0 Å². The number of nitrogens with one attached hydrogen (secondary N) is 1. The maximum atomic E-state index is 3.42. The van der Waals surface area contributed by atoms with E-state index in [1.807, 2.05) is 0 Å². The first kappa shape index (κ1) is 16.5. The van der Waals surface area contributed by atoms with Crippen LogP contribution in [0.25, 0.3) is 0 Å². The van der Waals surface area contributed by atoms with Gasteiger partial charge in [-0.1, -0.05) is 45.0 Å². The lowest BCUT2D eigenvalue weighted by Gasteiger charge is -2.35. The quantitative estimate of drug-likeness (QED) is 0.906. The Bertz CT molecular complexity index is 430. The first-order valence-corrected chi connectivity index (χ1v) is 8.39. The van der Waals surface area contributed by atoms with E-state index >= 15 is 0 Å². The highest BCUT2D eigenvalue weighted by Crippen LogP contribution is 2.24. The topological polar surface area (TPSA) is 15.3 Å². The third-order valence-electron chi connectivity index (χ3n) is 4.93. The zero-order valence-electron chi connectivity index (χ0n) is 14.4. The van der Waals surface area contributed by atoms with Crippen molar-refractivity contribution in [3.8, 4) is 0 Å². The van der Waals surface area contributed by atoms with Crippen LogP contribution in [0, 0.1) is 5.92 Å². The van der Waals surface area contributed by atoms with Gasteiger partial charge in [-0.2, -0.15) is 0 Å². The second kappa shape index (κ2) is 6.93. The molecule has 0 amide bonds. The molecule has 1 N–H and O–H groups in total. The molecule has 2 unspecified atom stereocenters. The minimum absolute atomic E-state index is 0.247. The van der Waals surface area contributed by atoms with Crippen molar-refractivity contribution in [2.24, 2.45) is 5.92 Å². The van der Waals surface area contributed by atoms with Gasteiger partial charge >= 0.3 is 0 Å². The Morgan fingerprint density at radius 2 is 1.90 bits per heavy atom. The fourth-order valence-corrected chi connectivity index (χ4v) is 3.25. The van der Waals surface area contributed by atoms with Crippen LogP contribution in [0.4, 0.5) is 0 Å². The lowest BCUT2D eigenvalue weighted by molar-refractivity contribution is 0.147. The number of hydrogen-bond donors (Lipinski definition) is 1. The molecular formula is C19H32N2. The van der Waals surface area contributed by atoms with Crippen LogP contribution in [0.15, 0.2) is 24.3 Å². The molecule has 1 fully saturated rings. The summed E-state index contributed by atoms with van der Waals surface area (Å²) in [6.07, 6.45) is 2.69. The average Bonchev–Trinajstić information content (AvgIpc) is 2.46. The molecule has 2 atom stereocenters. The summed E-state index contributed by atoms with van der Waals surface area (Å²) in [4.78, 5) is 2.62. The first-order chi connectivity index (χ1) is 9.90. The molecule has 2 heteroatoms. The van der Waals surface area contributed by atoms with Gasteiger partial charge in [0.1, 0.15) is 0 Å². The van der Waals surface area contributed by atoms with Gasteiger partial charge in [-0.25, -0.2) is 0 Å². The average molecular weight is 288 g/mol. The summed E-state index contributed by atoms with van der Waals surface area (Å²) in [7, 11) is 2.08. The van der Waals surface area contributed by atoms with Crippen LogP contribution in [-0.4, -0.2) is 31.1 Å². The standard InChI is InChI=1S/C19H32N2/c1-15(20-5)17-7-6-12-21(14-17)13-16-8-10-18(11-9-16)19(2,3)4/h8-11,15,17,20H,6-7,12-14H2,1-5H3. The van der Waals surface area contributed by atoms with Crippen LogP contribution < -0.4 is 5.32 Å². The number of benzene rings is 1. The van der Waals surface area contributed by atoms with E-state index in [0.717, 1.165) is 12.5 Å². The zero-order chi connectivity index (χ0) is 15.5. The Labute approximate surface area is 130 Å². The highest BCUT2D eigenvalue weighted by molar-refractivity contribution is 5.27. The van der Waals surface area contributed by atoms with E-state index in [2.05, 4.69) is 69.2 Å². The third-order valence-corrected chi connectivity index (χ3v) is 4.93. The second-order valence-electron chi connectivity index (χ2n) is 7.66. The van der Waals surface area contributed by atoms with Gasteiger partial charge in [0, 0.05) is 19.1 Å². The SMILES string of the molecule is CNC(C)C1CCCN(Cc2ccc(C(C)(C)C)cc2)C1. The van der Waals surface area contributed by atoms with E-state index in [4.69, 9.17) is 0 Å². The molecule has 2 rings (SSSR count). The van der Waals surface area contributed by atoms with Crippen LogP contribution >= 0.6 is 0 Å². The Morgan fingerprint density at radius 1 is 1.24 bits per heavy atom. The monoisotopic (exact) mass is 288 g/mol. The Kier molecular flexibility index (Phi) is 5.45. The largest absolute Gasteiger partial charge is 0.317 e. The number of piperidine rings is 1. The number of hydrogen-bond acceptors (Lipinski definition) is 2. The normalized spacial score (nSPS) is 22.2. The molecule has 0 spiro atoms. The van der Waals surface area contributed by atoms with Gasteiger partial charge < -0.3 is 5.32 Å². The van der Waals surface area contributed by atoms with Gasteiger partial charge in [0.15, 0.2) is 0 Å². The van der Waals surface area contributed by atoms with Crippen LogP contribution in [0.1, 0.15) is 51.7 Å². The van der Waals surface area contributed by atoms with Crippen molar-refractivity contribution in [3.05, 3.63) is 35.4 Å². The molecule has 118 valence electrons. The summed E-state index contributed by atoms with van der Waals surface area (Å²) in [5.41, 5.74) is 3.11.